The number of benzene rings is 1. The van der Waals surface area contributed by atoms with Crippen molar-refractivity contribution in [2.45, 2.75) is 25.3 Å². The normalized spacial score (nSPS) is 14.7. The summed E-state index contributed by atoms with van der Waals surface area (Å²) in [6, 6.07) is 12.1. The molecule has 0 spiro atoms. The van der Waals surface area contributed by atoms with Gasteiger partial charge in [0, 0.05) is 56.1 Å². The van der Waals surface area contributed by atoms with E-state index in [0.29, 0.717) is 30.8 Å². The Labute approximate surface area is 180 Å². The molecule has 1 amide bonds. The molecule has 0 aliphatic carbocycles. The van der Waals surface area contributed by atoms with Gasteiger partial charge < -0.3 is 14.5 Å². The van der Waals surface area contributed by atoms with Crippen LogP contribution in [0.15, 0.2) is 59.5 Å². The van der Waals surface area contributed by atoms with E-state index in [2.05, 4.69) is 39.7 Å². The number of carbonyl (C=O) groups excluding carboxylic acids is 1. The molecule has 1 saturated heterocycles. The lowest BCUT2D eigenvalue weighted by atomic mass is 10.0. The minimum Gasteiger partial charge on any atom is -0.462 e. The van der Waals surface area contributed by atoms with Crippen molar-refractivity contribution in [3.8, 4) is 11.1 Å². The second kappa shape index (κ2) is 8.35. The number of carbonyl (C=O) groups is 1. The summed E-state index contributed by atoms with van der Waals surface area (Å²) in [5.74, 6) is -0.150. The van der Waals surface area contributed by atoms with Crippen molar-refractivity contribution in [3.05, 3.63) is 71.9 Å². The van der Waals surface area contributed by atoms with Crippen molar-refractivity contribution in [1.29, 1.82) is 0 Å². The Hall–Kier alpha value is -3.45. The molecule has 4 aromatic rings. The molecule has 1 N–H and O–H groups in total. The van der Waals surface area contributed by atoms with Gasteiger partial charge in [0.15, 0.2) is 5.58 Å². The number of nitrogens with zero attached hydrogens (tertiary/aromatic N) is 3. The van der Waals surface area contributed by atoms with Gasteiger partial charge in [-0.15, -0.1) is 0 Å². The topological polar surface area (TPSA) is 82.2 Å². The third kappa shape index (κ3) is 4.22. The van der Waals surface area contributed by atoms with Crippen molar-refractivity contribution in [2.75, 3.05) is 13.2 Å². The molecule has 158 valence electrons. The van der Waals surface area contributed by atoms with E-state index >= 15 is 0 Å². The summed E-state index contributed by atoms with van der Waals surface area (Å²) in [5.41, 5.74) is 6.11. The highest BCUT2D eigenvalue weighted by Gasteiger charge is 2.20. The van der Waals surface area contributed by atoms with Crippen molar-refractivity contribution in [3.63, 3.8) is 0 Å². The summed E-state index contributed by atoms with van der Waals surface area (Å²) in [4.78, 5) is 17.3. The number of nitrogens with one attached hydrogen (secondary N) is 1. The summed E-state index contributed by atoms with van der Waals surface area (Å²) in [5, 5.41) is 7.32. The van der Waals surface area contributed by atoms with Crippen molar-refractivity contribution < 1.29 is 13.9 Å². The Bertz CT molecular complexity index is 1200. The molecule has 1 aliphatic rings. The molecule has 1 aromatic carbocycles. The number of aromatic nitrogens is 3. The first-order chi connectivity index (χ1) is 15.2. The minimum atomic E-state index is -0.150. The molecular weight excluding hydrogens is 392 g/mol. The van der Waals surface area contributed by atoms with Gasteiger partial charge in [-0.3, -0.25) is 9.48 Å². The van der Waals surface area contributed by atoms with Gasteiger partial charge >= 0.3 is 0 Å². The van der Waals surface area contributed by atoms with E-state index in [1.165, 1.54) is 0 Å². The maximum atomic E-state index is 12.8. The second-order valence-electron chi connectivity index (χ2n) is 7.94. The second-order valence-corrected chi connectivity index (χ2v) is 7.94. The molecule has 7 nitrogen and oxygen atoms in total. The maximum absolute atomic E-state index is 12.8. The van der Waals surface area contributed by atoms with Crippen molar-refractivity contribution >= 4 is 17.0 Å². The molecule has 0 bridgehead atoms. The Kier molecular flexibility index (Phi) is 5.26. The molecule has 5 rings (SSSR count). The Morgan fingerprint density at radius 2 is 1.97 bits per heavy atom. The highest BCUT2D eigenvalue weighted by molar-refractivity contribution is 5.95. The zero-order valence-electron chi connectivity index (χ0n) is 17.4. The van der Waals surface area contributed by atoms with Crippen molar-refractivity contribution in [2.24, 2.45) is 7.05 Å². The average Bonchev–Trinajstić information content (AvgIpc) is 3.44. The fourth-order valence-corrected chi connectivity index (χ4v) is 3.98. The van der Waals surface area contributed by atoms with Crippen LogP contribution in [0.25, 0.3) is 22.2 Å². The molecule has 0 saturated carbocycles. The van der Waals surface area contributed by atoms with E-state index in [1.807, 2.05) is 25.5 Å². The predicted molar refractivity (Wildman–Crippen MR) is 117 cm³/mol. The molecule has 1 fully saturated rings. The molecule has 31 heavy (non-hydrogen) atoms. The maximum Gasteiger partial charge on any atom is 0.270 e. The van der Waals surface area contributed by atoms with Crippen LogP contribution in [0.5, 0.6) is 0 Å². The van der Waals surface area contributed by atoms with Crippen LogP contribution in [0.3, 0.4) is 0 Å². The zero-order valence-corrected chi connectivity index (χ0v) is 17.4. The number of furan rings is 1. The molecule has 0 atom stereocenters. The third-order valence-electron chi connectivity index (χ3n) is 5.66. The average molecular weight is 416 g/mol. The predicted octanol–water partition coefficient (Wildman–Crippen LogP) is 3.73. The van der Waals surface area contributed by atoms with Crippen LogP contribution in [0.2, 0.25) is 0 Å². The van der Waals surface area contributed by atoms with Crippen LogP contribution < -0.4 is 5.32 Å². The van der Waals surface area contributed by atoms with Gasteiger partial charge in [0.2, 0.25) is 0 Å². The smallest absolute Gasteiger partial charge is 0.270 e. The Balaban J connectivity index is 1.38. The first-order valence-electron chi connectivity index (χ1n) is 10.5. The summed E-state index contributed by atoms with van der Waals surface area (Å²) in [7, 11) is 1.91. The summed E-state index contributed by atoms with van der Waals surface area (Å²) < 4.78 is 12.8. The van der Waals surface area contributed by atoms with Gasteiger partial charge in [-0.2, -0.15) is 5.10 Å². The van der Waals surface area contributed by atoms with Crippen LogP contribution in [0.1, 0.15) is 34.5 Å². The first-order valence-corrected chi connectivity index (χ1v) is 10.5. The van der Waals surface area contributed by atoms with E-state index in [-0.39, 0.29) is 11.9 Å². The van der Waals surface area contributed by atoms with Crippen LogP contribution in [0.4, 0.5) is 0 Å². The van der Waals surface area contributed by atoms with Gasteiger partial charge in [-0.05, 0) is 30.0 Å². The summed E-state index contributed by atoms with van der Waals surface area (Å²) in [6.07, 6.45) is 7.77. The first kappa shape index (κ1) is 19.5. The third-order valence-corrected chi connectivity index (χ3v) is 5.66. The number of hydrogen-bond donors (Lipinski definition) is 1. The molecular formula is C24H24N4O3. The van der Waals surface area contributed by atoms with Gasteiger partial charge in [-0.25, -0.2) is 4.98 Å². The van der Waals surface area contributed by atoms with E-state index in [9.17, 15) is 4.79 Å². The summed E-state index contributed by atoms with van der Waals surface area (Å²) >= 11 is 0. The van der Waals surface area contributed by atoms with Gasteiger partial charge in [0.1, 0.15) is 11.2 Å². The highest BCUT2D eigenvalue weighted by Crippen LogP contribution is 2.25. The van der Waals surface area contributed by atoms with Gasteiger partial charge in [0.05, 0.1) is 12.5 Å². The molecule has 0 unspecified atom stereocenters. The monoisotopic (exact) mass is 416 g/mol. The number of ether oxygens (including phenoxy) is 1. The molecule has 1 aliphatic heterocycles. The summed E-state index contributed by atoms with van der Waals surface area (Å²) in [6.45, 7) is 1.36. The minimum absolute atomic E-state index is 0.131. The number of rotatable bonds is 5. The lowest BCUT2D eigenvalue weighted by Crippen LogP contribution is -2.39. The zero-order chi connectivity index (χ0) is 21.2. The highest BCUT2D eigenvalue weighted by atomic mass is 16.5. The number of hydrogen-bond acceptors (Lipinski definition) is 5. The van der Waals surface area contributed by atoms with E-state index in [1.54, 1.807) is 17.0 Å². The van der Waals surface area contributed by atoms with Gasteiger partial charge in [-0.1, -0.05) is 24.3 Å². The SMILES string of the molecule is Cn1cc(-c2ccc(Cc3cc(C(=O)NC4CCOCC4)nc4ccoc34)cc2)cn1. The fourth-order valence-electron chi connectivity index (χ4n) is 3.98. The molecule has 4 heterocycles. The lowest BCUT2D eigenvalue weighted by molar-refractivity contribution is 0.0694. The van der Waals surface area contributed by atoms with Crippen LogP contribution in [-0.4, -0.2) is 39.9 Å². The number of aryl methyl sites for hydroxylation is 1. The van der Waals surface area contributed by atoms with Gasteiger partial charge in [0.25, 0.3) is 5.91 Å². The van der Waals surface area contributed by atoms with E-state index in [0.717, 1.165) is 40.7 Å². The standard InChI is InChI=1S/C24H24N4O3/c1-28-15-19(14-25-28)17-4-2-16(3-5-17)12-18-13-22(27-21-8-11-31-23(18)21)24(29)26-20-6-9-30-10-7-20/h2-5,8,11,13-15,20H,6-7,9-10,12H2,1H3,(H,26,29). The quantitative estimate of drug-likeness (QED) is 0.536. The number of amides is 1. The number of pyridine rings is 1. The van der Waals surface area contributed by atoms with Crippen molar-refractivity contribution in [1.82, 2.24) is 20.1 Å². The van der Waals surface area contributed by atoms with Crippen LogP contribution in [-0.2, 0) is 18.2 Å². The number of fused-ring (bicyclic) bond motifs is 1. The Morgan fingerprint density at radius 3 is 2.71 bits per heavy atom. The fraction of sp³-hybridized carbons (Fsp3) is 0.292. The molecule has 7 heteroatoms. The van der Waals surface area contributed by atoms with E-state index < -0.39 is 0 Å². The van der Waals surface area contributed by atoms with Crippen LogP contribution >= 0.6 is 0 Å². The largest absolute Gasteiger partial charge is 0.462 e. The lowest BCUT2D eigenvalue weighted by Gasteiger charge is -2.23. The molecule has 0 radical (unpaired) electrons. The Morgan fingerprint density at radius 1 is 1.16 bits per heavy atom. The van der Waals surface area contributed by atoms with E-state index in [4.69, 9.17) is 9.15 Å². The molecule has 3 aromatic heterocycles. The van der Waals surface area contributed by atoms with Crippen LogP contribution in [0, 0.1) is 0 Å².